The zero-order chi connectivity index (χ0) is 12.7. The monoisotopic (exact) mass is 239 g/mol. The lowest BCUT2D eigenvalue weighted by Crippen LogP contribution is -2.41. The molecule has 0 atom stereocenters. The fraction of sp³-hybridized carbons (Fsp3) is 0.273. The summed E-state index contributed by atoms with van der Waals surface area (Å²) in [6.45, 7) is 0.703. The van der Waals surface area contributed by atoms with Crippen molar-refractivity contribution in [1.82, 2.24) is 10.6 Å². The van der Waals surface area contributed by atoms with Gasteiger partial charge in [-0.15, -0.1) is 0 Å². The largest absolute Gasteiger partial charge is 0.347 e. The Kier molecular flexibility index (Phi) is 5.09. The van der Waals surface area contributed by atoms with Gasteiger partial charge in [0.1, 0.15) is 5.82 Å². The number of benzene rings is 1. The van der Waals surface area contributed by atoms with Crippen LogP contribution in [-0.2, 0) is 16.1 Å². The number of nitrogens with two attached hydrogens (primary N) is 1. The van der Waals surface area contributed by atoms with E-state index < -0.39 is 11.8 Å². The van der Waals surface area contributed by atoms with E-state index >= 15 is 0 Å². The molecular weight excluding hydrogens is 225 g/mol. The summed E-state index contributed by atoms with van der Waals surface area (Å²) >= 11 is 0. The van der Waals surface area contributed by atoms with Crippen LogP contribution < -0.4 is 16.4 Å². The third-order valence-corrected chi connectivity index (χ3v) is 2.00. The van der Waals surface area contributed by atoms with Gasteiger partial charge in [0.05, 0.1) is 0 Å². The van der Waals surface area contributed by atoms with Crippen molar-refractivity contribution >= 4 is 11.8 Å². The van der Waals surface area contributed by atoms with Gasteiger partial charge in [-0.1, -0.05) is 12.1 Å². The molecule has 0 radical (unpaired) electrons. The Morgan fingerprint density at radius 1 is 1.12 bits per heavy atom. The Balaban J connectivity index is 2.37. The van der Waals surface area contributed by atoms with E-state index in [4.69, 9.17) is 5.73 Å². The van der Waals surface area contributed by atoms with Crippen molar-refractivity contribution in [3.63, 3.8) is 0 Å². The molecule has 5 nitrogen and oxygen atoms in total. The molecule has 0 bridgehead atoms. The van der Waals surface area contributed by atoms with E-state index in [2.05, 4.69) is 10.6 Å². The van der Waals surface area contributed by atoms with Crippen LogP contribution in [0.4, 0.5) is 4.39 Å². The Morgan fingerprint density at radius 2 is 1.71 bits per heavy atom. The standard InChI is InChI=1S/C11H14FN3O2/c12-9-3-1-8(2-4-9)7-15-11(17)10(16)14-6-5-13/h1-4H,5-7,13H2,(H,14,16)(H,15,17). The predicted molar refractivity (Wildman–Crippen MR) is 60.3 cm³/mol. The molecular formula is C11H14FN3O2. The number of carbonyl (C=O) groups is 2. The Bertz CT molecular complexity index is 392. The first kappa shape index (κ1) is 13.1. The smallest absolute Gasteiger partial charge is 0.309 e. The molecule has 17 heavy (non-hydrogen) atoms. The van der Waals surface area contributed by atoms with Crippen molar-refractivity contribution in [3.05, 3.63) is 35.6 Å². The summed E-state index contributed by atoms with van der Waals surface area (Å²) in [7, 11) is 0. The number of rotatable bonds is 4. The molecule has 0 spiro atoms. The van der Waals surface area contributed by atoms with E-state index in [-0.39, 0.29) is 25.5 Å². The Hall–Kier alpha value is -1.95. The van der Waals surface area contributed by atoms with Crippen LogP contribution in [0.5, 0.6) is 0 Å². The maximum atomic E-state index is 12.6. The van der Waals surface area contributed by atoms with Crippen molar-refractivity contribution in [2.24, 2.45) is 5.73 Å². The van der Waals surface area contributed by atoms with Crippen LogP contribution >= 0.6 is 0 Å². The van der Waals surface area contributed by atoms with Gasteiger partial charge in [-0.25, -0.2) is 4.39 Å². The minimum Gasteiger partial charge on any atom is -0.347 e. The zero-order valence-electron chi connectivity index (χ0n) is 9.20. The summed E-state index contributed by atoms with van der Waals surface area (Å²) in [5.41, 5.74) is 5.89. The summed E-state index contributed by atoms with van der Waals surface area (Å²) in [4.78, 5) is 22.4. The highest BCUT2D eigenvalue weighted by atomic mass is 19.1. The van der Waals surface area contributed by atoms with Crippen molar-refractivity contribution < 1.29 is 14.0 Å². The average molecular weight is 239 g/mol. The van der Waals surface area contributed by atoms with E-state index in [1.54, 1.807) is 0 Å². The van der Waals surface area contributed by atoms with Crippen LogP contribution in [0.15, 0.2) is 24.3 Å². The summed E-state index contributed by atoms with van der Waals surface area (Å²) in [6, 6.07) is 5.65. The molecule has 0 saturated carbocycles. The normalized spacial score (nSPS) is 9.76. The molecule has 0 fully saturated rings. The summed E-state index contributed by atoms with van der Waals surface area (Å²) in [6.07, 6.45) is 0. The third-order valence-electron chi connectivity index (χ3n) is 2.00. The molecule has 4 N–H and O–H groups in total. The first-order valence-corrected chi connectivity index (χ1v) is 5.14. The van der Waals surface area contributed by atoms with Gasteiger partial charge < -0.3 is 16.4 Å². The van der Waals surface area contributed by atoms with E-state index in [9.17, 15) is 14.0 Å². The molecule has 92 valence electrons. The quantitative estimate of drug-likeness (QED) is 0.620. The molecule has 0 aliphatic rings. The van der Waals surface area contributed by atoms with E-state index in [1.165, 1.54) is 24.3 Å². The van der Waals surface area contributed by atoms with E-state index in [0.717, 1.165) is 0 Å². The van der Waals surface area contributed by atoms with Crippen molar-refractivity contribution in [1.29, 1.82) is 0 Å². The van der Waals surface area contributed by atoms with Crippen LogP contribution in [0.3, 0.4) is 0 Å². The molecule has 2 amide bonds. The predicted octanol–water partition coefficient (Wildman–Crippen LogP) is -0.483. The number of nitrogens with one attached hydrogen (secondary N) is 2. The molecule has 0 saturated heterocycles. The van der Waals surface area contributed by atoms with Gasteiger partial charge in [0.2, 0.25) is 0 Å². The van der Waals surface area contributed by atoms with Gasteiger partial charge in [0.15, 0.2) is 0 Å². The van der Waals surface area contributed by atoms with Crippen LogP contribution in [0.2, 0.25) is 0 Å². The number of hydrogen-bond acceptors (Lipinski definition) is 3. The first-order chi connectivity index (χ1) is 8.13. The lowest BCUT2D eigenvalue weighted by molar-refractivity contribution is -0.139. The Morgan fingerprint density at radius 3 is 2.29 bits per heavy atom. The molecule has 0 aliphatic heterocycles. The van der Waals surface area contributed by atoms with Crippen LogP contribution in [-0.4, -0.2) is 24.9 Å². The minimum atomic E-state index is -0.734. The molecule has 1 aromatic carbocycles. The number of amides is 2. The highest BCUT2D eigenvalue weighted by Crippen LogP contribution is 2.01. The van der Waals surface area contributed by atoms with Gasteiger partial charge in [-0.05, 0) is 17.7 Å². The highest BCUT2D eigenvalue weighted by molar-refractivity contribution is 6.35. The second-order valence-corrected chi connectivity index (χ2v) is 3.35. The topological polar surface area (TPSA) is 84.2 Å². The fourth-order valence-corrected chi connectivity index (χ4v) is 1.13. The molecule has 0 unspecified atom stereocenters. The lowest BCUT2D eigenvalue weighted by Gasteiger charge is -2.05. The highest BCUT2D eigenvalue weighted by Gasteiger charge is 2.11. The molecule has 0 heterocycles. The van der Waals surface area contributed by atoms with Gasteiger partial charge in [0, 0.05) is 19.6 Å². The van der Waals surface area contributed by atoms with E-state index in [0.29, 0.717) is 5.56 Å². The van der Waals surface area contributed by atoms with E-state index in [1.807, 2.05) is 0 Å². The maximum Gasteiger partial charge on any atom is 0.309 e. The fourth-order valence-electron chi connectivity index (χ4n) is 1.13. The minimum absolute atomic E-state index is 0.176. The SMILES string of the molecule is NCCNC(=O)C(=O)NCc1ccc(F)cc1. The van der Waals surface area contributed by atoms with Crippen molar-refractivity contribution in [2.75, 3.05) is 13.1 Å². The van der Waals surface area contributed by atoms with Crippen LogP contribution in [0.1, 0.15) is 5.56 Å². The number of carbonyl (C=O) groups excluding carboxylic acids is 2. The number of hydrogen-bond donors (Lipinski definition) is 3. The summed E-state index contributed by atoms with van der Waals surface area (Å²) in [5, 5.41) is 4.75. The van der Waals surface area contributed by atoms with Crippen LogP contribution in [0, 0.1) is 5.82 Å². The first-order valence-electron chi connectivity index (χ1n) is 5.14. The van der Waals surface area contributed by atoms with Crippen molar-refractivity contribution in [3.8, 4) is 0 Å². The number of halogens is 1. The molecule has 0 aliphatic carbocycles. The van der Waals surface area contributed by atoms with Gasteiger partial charge >= 0.3 is 11.8 Å². The van der Waals surface area contributed by atoms with Gasteiger partial charge in [-0.3, -0.25) is 9.59 Å². The second-order valence-electron chi connectivity index (χ2n) is 3.35. The Labute approximate surface area is 98.2 Å². The van der Waals surface area contributed by atoms with Crippen molar-refractivity contribution in [2.45, 2.75) is 6.54 Å². The molecule has 0 aromatic heterocycles. The molecule has 1 aromatic rings. The van der Waals surface area contributed by atoms with Gasteiger partial charge in [0.25, 0.3) is 0 Å². The second kappa shape index (κ2) is 6.59. The average Bonchev–Trinajstić information content (AvgIpc) is 2.34. The maximum absolute atomic E-state index is 12.6. The third kappa shape index (κ3) is 4.60. The van der Waals surface area contributed by atoms with Crippen LogP contribution in [0.25, 0.3) is 0 Å². The molecule has 6 heteroatoms. The summed E-state index contributed by atoms with van der Waals surface area (Å²) < 4.78 is 12.6. The molecule has 1 rings (SSSR count). The van der Waals surface area contributed by atoms with Gasteiger partial charge in [-0.2, -0.15) is 0 Å². The lowest BCUT2D eigenvalue weighted by atomic mass is 10.2. The summed E-state index contributed by atoms with van der Waals surface area (Å²) in [5.74, 6) is -1.80. The zero-order valence-corrected chi connectivity index (χ0v) is 9.20.